The summed E-state index contributed by atoms with van der Waals surface area (Å²) >= 11 is 0. The van der Waals surface area contributed by atoms with Crippen molar-refractivity contribution < 1.29 is 19.5 Å². The van der Waals surface area contributed by atoms with E-state index in [4.69, 9.17) is 5.11 Å². The molecule has 0 atom stereocenters. The highest BCUT2D eigenvalue weighted by atomic mass is 16.4. The van der Waals surface area contributed by atoms with Crippen molar-refractivity contribution in [2.24, 2.45) is 0 Å². The summed E-state index contributed by atoms with van der Waals surface area (Å²) in [5.74, 6) is -1.42. The van der Waals surface area contributed by atoms with Gasteiger partial charge < -0.3 is 19.5 Å². The van der Waals surface area contributed by atoms with Crippen LogP contribution >= 0.6 is 0 Å². The van der Waals surface area contributed by atoms with Crippen LogP contribution in [0.15, 0.2) is 18.3 Å². The average molecular weight is 279 g/mol. The van der Waals surface area contributed by atoms with Gasteiger partial charge in [0, 0.05) is 26.3 Å². The Labute approximate surface area is 116 Å². The molecule has 0 spiro atoms. The highest BCUT2D eigenvalue weighted by Gasteiger charge is 2.25. The normalized spacial score (nSPS) is 16.1. The zero-order chi connectivity index (χ0) is 14.7. The van der Waals surface area contributed by atoms with Gasteiger partial charge >= 0.3 is 5.97 Å². The maximum Gasteiger partial charge on any atom is 0.323 e. The van der Waals surface area contributed by atoms with Crippen LogP contribution in [0.4, 0.5) is 0 Å². The van der Waals surface area contributed by atoms with Crippen LogP contribution in [0.2, 0.25) is 0 Å². The number of carbonyl (C=O) groups excluding carboxylic acids is 2. The van der Waals surface area contributed by atoms with Crippen LogP contribution in [-0.4, -0.2) is 63.9 Å². The second kappa shape index (κ2) is 5.77. The average Bonchev–Trinajstić information content (AvgIpc) is 2.76. The number of aliphatic carboxylic acids is 1. The molecule has 1 N–H and O–H groups in total. The molecule has 0 bridgehead atoms. The molecule has 20 heavy (non-hydrogen) atoms. The molecular weight excluding hydrogens is 262 g/mol. The Kier molecular flexibility index (Phi) is 4.07. The fraction of sp³-hybridized carbons (Fsp3) is 0.462. The minimum atomic E-state index is -1.01. The van der Waals surface area contributed by atoms with Gasteiger partial charge in [0.25, 0.3) is 5.91 Å². The molecule has 0 unspecified atom stereocenters. The summed E-state index contributed by atoms with van der Waals surface area (Å²) in [5, 5.41) is 8.82. The number of likely N-dealkylation sites (N-methyl/N-ethyl adjacent to an activating group) is 1. The number of rotatable bonds is 3. The molecule has 7 nitrogen and oxygen atoms in total. The van der Waals surface area contributed by atoms with Crippen LogP contribution < -0.4 is 0 Å². The van der Waals surface area contributed by atoms with E-state index in [1.54, 1.807) is 30.3 Å². The molecule has 2 amide bonds. The van der Waals surface area contributed by atoms with Gasteiger partial charge in [-0.05, 0) is 18.6 Å². The van der Waals surface area contributed by atoms with E-state index in [-0.39, 0.29) is 24.9 Å². The van der Waals surface area contributed by atoms with Crippen LogP contribution in [0, 0.1) is 0 Å². The van der Waals surface area contributed by atoms with Gasteiger partial charge in [0.1, 0.15) is 18.8 Å². The van der Waals surface area contributed by atoms with Crippen molar-refractivity contribution in [3.05, 3.63) is 24.0 Å². The standard InChI is InChI=1S/C13H17N3O4/c1-14-5-3-7-16(8-11(14)17)13(20)10-4-2-6-15(10)9-12(18)19/h2,4,6H,3,5,7-9H2,1H3,(H,18,19). The van der Waals surface area contributed by atoms with Gasteiger partial charge in [-0.2, -0.15) is 0 Å². The van der Waals surface area contributed by atoms with Crippen molar-refractivity contribution in [3.8, 4) is 0 Å². The van der Waals surface area contributed by atoms with E-state index in [2.05, 4.69) is 0 Å². The lowest BCUT2D eigenvalue weighted by Gasteiger charge is -2.20. The number of aromatic nitrogens is 1. The first-order valence-electron chi connectivity index (χ1n) is 6.39. The van der Waals surface area contributed by atoms with Crippen molar-refractivity contribution in [1.82, 2.24) is 14.4 Å². The van der Waals surface area contributed by atoms with Gasteiger partial charge in [-0.15, -0.1) is 0 Å². The van der Waals surface area contributed by atoms with E-state index >= 15 is 0 Å². The first-order valence-corrected chi connectivity index (χ1v) is 6.39. The van der Waals surface area contributed by atoms with Crippen molar-refractivity contribution in [1.29, 1.82) is 0 Å². The largest absolute Gasteiger partial charge is 0.480 e. The molecule has 0 radical (unpaired) electrons. The second-order valence-electron chi connectivity index (χ2n) is 4.81. The number of hydrogen-bond acceptors (Lipinski definition) is 3. The van der Waals surface area contributed by atoms with Crippen LogP contribution in [0.25, 0.3) is 0 Å². The van der Waals surface area contributed by atoms with Gasteiger partial charge in [0.2, 0.25) is 5.91 Å². The van der Waals surface area contributed by atoms with Crippen molar-refractivity contribution in [3.63, 3.8) is 0 Å². The molecule has 0 aliphatic carbocycles. The Balaban J connectivity index is 2.16. The lowest BCUT2D eigenvalue weighted by Crippen LogP contribution is -2.38. The molecule has 1 aromatic heterocycles. The summed E-state index contributed by atoms with van der Waals surface area (Å²) in [5.41, 5.74) is 0.296. The molecule has 108 valence electrons. The summed E-state index contributed by atoms with van der Waals surface area (Å²) < 4.78 is 1.38. The molecule has 7 heteroatoms. The Hall–Kier alpha value is -2.31. The minimum absolute atomic E-state index is 0.0353. The fourth-order valence-corrected chi connectivity index (χ4v) is 2.21. The number of amides is 2. The predicted octanol–water partition coefficient (Wildman–Crippen LogP) is -0.123. The number of carboxylic acids is 1. The Morgan fingerprint density at radius 2 is 2.10 bits per heavy atom. The third-order valence-electron chi connectivity index (χ3n) is 3.31. The lowest BCUT2D eigenvalue weighted by molar-refractivity contribution is -0.137. The Morgan fingerprint density at radius 1 is 1.35 bits per heavy atom. The smallest absolute Gasteiger partial charge is 0.323 e. The molecule has 0 aromatic carbocycles. The summed E-state index contributed by atoms with van der Waals surface area (Å²) in [4.78, 5) is 38.0. The van der Waals surface area contributed by atoms with E-state index in [1.807, 2.05) is 0 Å². The predicted molar refractivity (Wildman–Crippen MR) is 70.2 cm³/mol. The van der Waals surface area contributed by atoms with Gasteiger partial charge in [-0.1, -0.05) is 0 Å². The van der Waals surface area contributed by atoms with E-state index in [0.717, 1.165) is 0 Å². The molecular formula is C13H17N3O4. The van der Waals surface area contributed by atoms with Gasteiger partial charge in [-0.3, -0.25) is 14.4 Å². The van der Waals surface area contributed by atoms with E-state index in [1.165, 1.54) is 9.47 Å². The highest BCUT2D eigenvalue weighted by molar-refractivity contribution is 5.95. The summed E-state index contributed by atoms with van der Waals surface area (Å²) in [7, 11) is 1.71. The zero-order valence-corrected chi connectivity index (χ0v) is 11.3. The monoisotopic (exact) mass is 279 g/mol. The summed E-state index contributed by atoms with van der Waals surface area (Å²) in [6, 6.07) is 3.20. The van der Waals surface area contributed by atoms with Crippen LogP contribution in [-0.2, 0) is 16.1 Å². The van der Waals surface area contributed by atoms with E-state index < -0.39 is 5.97 Å². The van der Waals surface area contributed by atoms with Gasteiger partial charge in [0.15, 0.2) is 0 Å². The topological polar surface area (TPSA) is 82.8 Å². The first-order chi connectivity index (χ1) is 9.49. The maximum atomic E-state index is 12.4. The molecule has 1 aliphatic rings. The molecule has 2 heterocycles. The van der Waals surface area contributed by atoms with Crippen molar-refractivity contribution >= 4 is 17.8 Å². The first kappa shape index (κ1) is 14.1. The van der Waals surface area contributed by atoms with Crippen LogP contribution in [0.5, 0.6) is 0 Å². The highest BCUT2D eigenvalue weighted by Crippen LogP contribution is 2.10. The molecule has 1 aromatic rings. The van der Waals surface area contributed by atoms with Crippen LogP contribution in [0.1, 0.15) is 16.9 Å². The number of carboxylic acid groups (broad SMARTS) is 1. The lowest BCUT2D eigenvalue weighted by atomic mass is 10.3. The fourth-order valence-electron chi connectivity index (χ4n) is 2.21. The van der Waals surface area contributed by atoms with Gasteiger partial charge in [-0.25, -0.2) is 0 Å². The van der Waals surface area contributed by atoms with E-state index in [0.29, 0.717) is 25.2 Å². The zero-order valence-electron chi connectivity index (χ0n) is 11.3. The SMILES string of the molecule is CN1CCCN(C(=O)c2cccn2CC(=O)O)CC1=O. The summed E-state index contributed by atoms with van der Waals surface area (Å²) in [6.07, 6.45) is 2.26. The van der Waals surface area contributed by atoms with Crippen molar-refractivity contribution in [2.45, 2.75) is 13.0 Å². The molecule has 2 rings (SSSR count). The second-order valence-corrected chi connectivity index (χ2v) is 4.81. The Morgan fingerprint density at radius 3 is 2.80 bits per heavy atom. The number of carbonyl (C=O) groups is 3. The molecule has 1 fully saturated rings. The quantitative estimate of drug-likeness (QED) is 0.836. The minimum Gasteiger partial charge on any atom is -0.480 e. The van der Waals surface area contributed by atoms with Crippen LogP contribution in [0.3, 0.4) is 0 Å². The third-order valence-corrected chi connectivity index (χ3v) is 3.31. The number of hydrogen-bond donors (Lipinski definition) is 1. The summed E-state index contributed by atoms with van der Waals surface area (Å²) in [6.45, 7) is 0.884. The van der Waals surface area contributed by atoms with Crippen molar-refractivity contribution in [2.75, 3.05) is 26.7 Å². The number of nitrogens with zero attached hydrogens (tertiary/aromatic N) is 3. The molecule has 0 saturated carbocycles. The van der Waals surface area contributed by atoms with Gasteiger partial charge in [0.05, 0.1) is 0 Å². The maximum absolute atomic E-state index is 12.4. The van der Waals surface area contributed by atoms with E-state index in [9.17, 15) is 14.4 Å². The Bertz CT molecular complexity index is 537. The molecule has 1 aliphatic heterocycles. The third kappa shape index (κ3) is 2.98. The molecule has 1 saturated heterocycles.